The number of amides is 1. The number of para-hydroxylation sites is 2. The first-order chi connectivity index (χ1) is 13.4. The number of anilines is 1. The number of rotatable bonds is 5. The summed E-state index contributed by atoms with van der Waals surface area (Å²) in [5.74, 6) is 1.55. The molecular weight excluding hydrogens is 356 g/mol. The van der Waals surface area contributed by atoms with E-state index in [9.17, 15) is 4.79 Å². The van der Waals surface area contributed by atoms with E-state index in [2.05, 4.69) is 15.3 Å². The summed E-state index contributed by atoms with van der Waals surface area (Å²) in [5, 5.41) is 3.05. The Morgan fingerprint density at radius 2 is 1.96 bits per heavy atom. The van der Waals surface area contributed by atoms with Crippen molar-refractivity contribution in [2.45, 2.75) is 45.6 Å². The fourth-order valence-corrected chi connectivity index (χ4v) is 3.36. The summed E-state index contributed by atoms with van der Waals surface area (Å²) in [4.78, 5) is 23.3. The quantitative estimate of drug-likeness (QED) is 0.834. The Kier molecular flexibility index (Phi) is 6.21. The lowest BCUT2D eigenvalue weighted by Crippen LogP contribution is -2.43. The molecule has 1 atom stereocenters. The second-order valence-corrected chi connectivity index (χ2v) is 8.19. The molecule has 2 heterocycles. The smallest absolute Gasteiger partial charge is 0.410 e. The van der Waals surface area contributed by atoms with Crippen molar-refractivity contribution in [2.75, 3.05) is 32.1 Å². The predicted octanol–water partition coefficient (Wildman–Crippen LogP) is 4.09. The number of aromatic nitrogens is 2. The third kappa shape index (κ3) is 5.24. The summed E-state index contributed by atoms with van der Waals surface area (Å²) >= 11 is 0. The summed E-state index contributed by atoms with van der Waals surface area (Å²) in [7, 11) is 1.81. The van der Waals surface area contributed by atoms with Gasteiger partial charge in [0.2, 0.25) is 0 Å². The molecule has 0 spiro atoms. The van der Waals surface area contributed by atoms with E-state index in [-0.39, 0.29) is 6.09 Å². The number of carbonyl (C=O) groups excluding carboxylic acids is 1. The molecule has 0 radical (unpaired) electrons. The minimum Gasteiger partial charge on any atom is -0.475 e. The number of likely N-dealkylation sites (tertiary alicyclic amines) is 1. The van der Waals surface area contributed by atoms with Crippen molar-refractivity contribution >= 4 is 22.9 Å². The van der Waals surface area contributed by atoms with Crippen molar-refractivity contribution in [2.24, 2.45) is 5.92 Å². The van der Waals surface area contributed by atoms with E-state index in [1.807, 2.05) is 57.0 Å². The molecule has 1 aliphatic heterocycles. The first-order valence-electron chi connectivity index (χ1n) is 9.91. The minimum atomic E-state index is -0.467. The lowest BCUT2D eigenvalue weighted by Gasteiger charge is -2.34. The van der Waals surface area contributed by atoms with E-state index >= 15 is 0 Å². The van der Waals surface area contributed by atoms with Crippen molar-refractivity contribution in [1.82, 2.24) is 14.9 Å². The summed E-state index contributed by atoms with van der Waals surface area (Å²) in [6.07, 6.45) is 2.71. The normalized spacial score (nSPS) is 17.4. The maximum atomic E-state index is 12.3. The zero-order valence-electron chi connectivity index (χ0n) is 17.2. The summed E-state index contributed by atoms with van der Waals surface area (Å²) in [5.41, 5.74) is 1.18. The molecule has 7 heteroatoms. The van der Waals surface area contributed by atoms with Crippen LogP contribution >= 0.6 is 0 Å². The molecule has 0 bridgehead atoms. The van der Waals surface area contributed by atoms with Crippen molar-refractivity contribution < 1.29 is 14.3 Å². The zero-order chi connectivity index (χ0) is 20.1. The third-order valence-electron chi connectivity index (χ3n) is 4.71. The molecule has 0 saturated carbocycles. The van der Waals surface area contributed by atoms with Crippen LogP contribution in [0.1, 0.15) is 40.0 Å². The Bertz CT molecular complexity index is 819. The van der Waals surface area contributed by atoms with Crippen LogP contribution in [0.4, 0.5) is 10.6 Å². The first kappa shape index (κ1) is 20.2. The molecule has 3 rings (SSSR count). The Hall–Kier alpha value is -2.57. The fourth-order valence-electron chi connectivity index (χ4n) is 3.36. The molecule has 1 aliphatic rings. The Balaban J connectivity index is 1.56. The van der Waals surface area contributed by atoms with E-state index in [1.54, 1.807) is 0 Å². The van der Waals surface area contributed by atoms with Crippen LogP contribution in [0.5, 0.6) is 5.88 Å². The number of hydrogen-bond donors (Lipinski definition) is 1. The maximum Gasteiger partial charge on any atom is 0.410 e. The van der Waals surface area contributed by atoms with Gasteiger partial charge in [-0.1, -0.05) is 12.1 Å². The highest BCUT2D eigenvalue weighted by Crippen LogP contribution is 2.25. The Morgan fingerprint density at radius 3 is 2.64 bits per heavy atom. The van der Waals surface area contributed by atoms with Gasteiger partial charge in [-0.15, -0.1) is 0 Å². The zero-order valence-corrected chi connectivity index (χ0v) is 17.2. The van der Waals surface area contributed by atoms with E-state index in [0.29, 0.717) is 30.8 Å². The lowest BCUT2D eigenvalue weighted by atomic mass is 9.95. The highest BCUT2D eigenvalue weighted by atomic mass is 16.6. The van der Waals surface area contributed by atoms with E-state index in [4.69, 9.17) is 9.47 Å². The lowest BCUT2D eigenvalue weighted by molar-refractivity contribution is 0.0154. The fraction of sp³-hybridized carbons (Fsp3) is 0.571. The number of piperidine rings is 1. The van der Waals surface area contributed by atoms with Gasteiger partial charge < -0.3 is 19.7 Å². The number of fused-ring (bicyclic) bond motifs is 1. The van der Waals surface area contributed by atoms with E-state index in [1.165, 1.54) is 0 Å². The molecule has 1 fully saturated rings. The van der Waals surface area contributed by atoms with Gasteiger partial charge in [-0.25, -0.2) is 14.8 Å². The third-order valence-corrected chi connectivity index (χ3v) is 4.71. The molecule has 1 unspecified atom stereocenters. The average Bonchev–Trinajstić information content (AvgIpc) is 2.66. The van der Waals surface area contributed by atoms with Gasteiger partial charge in [-0.2, -0.15) is 0 Å². The maximum absolute atomic E-state index is 12.3. The number of nitrogens with one attached hydrogen (secondary N) is 1. The van der Waals surface area contributed by atoms with Gasteiger partial charge in [0.15, 0.2) is 5.82 Å². The Labute approximate surface area is 166 Å². The van der Waals surface area contributed by atoms with Gasteiger partial charge in [0.25, 0.3) is 5.88 Å². The molecule has 2 aromatic rings. The summed E-state index contributed by atoms with van der Waals surface area (Å²) < 4.78 is 11.4. The van der Waals surface area contributed by atoms with Crippen LogP contribution in [0, 0.1) is 5.92 Å². The largest absolute Gasteiger partial charge is 0.475 e. The molecule has 28 heavy (non-hydrogen) atoms. The molecule has 1 saturated heterocycles. The first-order valence-corrected chi connectivity index (χ1v) is 9.91. The van der Waals surface area contributed by atoms with Crippen LogP contribution in [0.15, 0.2) is 24.3 Å². The molecule has 7 nitrogen and oxygen atoms in total. The summed E-state index contributed by atoms with van der Waals surface area (Å²) in [6.45, 7) is 7.68. The summed E-state index contributed by atoms with van der Waals surface area (Å²) in [6, 6.07) is 7.73. The van der Waals surface area contributed by atoms with Gasteiger partial charge in [0.1, 0.15) is 5.60 Å². The van der Waals surface area contributed by atoms with Crippen molar-refractivity contribution in [3.63, 3.8) is 0 Å². The van der Waals surface area contributed by atoms with Crippen LogP contribution in [0.25, 0.3) is 11.0 Å². The van der Waals surface area contributed by atoms with Gasteiger partial charge in [-0.05, 0) is 58.1 Å². The van der Waals surface area contributed by atoms with Gasteiger partial charge in [-0.3, -0.25) is 0 Å². The van der Waals surface area contributed by atoms with Crippen molar-refractivity contribution in [3.8, 4) is 5.88 Å². The Morgan fingerprint density at radius 1 is 1.25 bits per heavy atom. The SMILES string of the molecule is CNc1nc2ccccc2nc1OCCC1CCCN(C(=O)OC(C)(C)C)C1. The average molecular weight is 386 g/mol. The van der Waals surface area contributed by atoms with E-state index < -0.39 is 5.60 Å². The molecule has 1 aromatic heterocycles. The number of hydrogen-bond acceptors (Lipinski definition) is 6. The number of benzene rings is 1. The van der Waals surface area contributed by atoms with Crippen LogP contribution in [0.2, 0.25) is 0 Å². The number of ether oxygens (including phenoxy) is 2. The standard InChI is InChI=1S/C21H30N4O3/c1-21(2,3)28-20(26)25-12-7-8-15(14-25)11-13-27-19-18(22-4)23-16-9-5-6-10-17(16)24-19/h5-6,9-10,15H,7-8,11-14H2,1-4H3,(H,22,23). The highest BCUT2D eigenvalue weighted by Gasteiger charge is 2.27. The van der Waals surface area contributed by atoms with Gasteiger partial charge in [0, 0.05) is 20.1 Å². The molecular formula is C21H30N4O3. The number of carbonyl (C=O) groups is 1. The second kappa shape index (κ2) is 8.63. The molecule has 1 amide bonds. The minimum absolute atomic E-state index is 0.226. The van der Waals surface area contributed by atoms with Crippen LogP contribution in [0.3, 0.4) is 0 Å². The predicted molar refractivity (Wildman–Crippen MR) is 110 cm³/mol. The molecule has 152 valence electrons. The number of nitrogens with zero attached hydrogens (tertiary/aromatic N) is 3. The van der Waals surface area contributed by atoms with Gasteiger partial charge >= 0.3 is 6.09 Å². The van der Waals surface area contributed by atoms with Crippen LogP contribution in [-0.2, 0) is 4.74 Å². The highest BCUT2D eigenvalue weighted by molar-refractivity contribution is 5.77. The topological polar surface area (TPSA) is 76.6 Å². The van der Waals surface area contributed by atoms with Crippen molar-refractivity contribution in [3.05, 3.63) is 24.3 Å². The van der Waals surface area contributed by atoms with Crippen LogP contribution in [-0.4, -0.2) is 53.3 Å². The second-order valence-electron chi connectivity index (χ2n) is 8.19. The molecule has 1 N–H and O–H groups in total. The van der Waals surface area contributed by atoms with Crippen LogP contribution < -0.4 is 10.1 Å². The monoisotopic (exact) mass is 386 g/mol. The molecule has 0 aliphatic carbocycles. The van der Waals surface area contributed by atoms with E-state index in [0.717, 1.165) is 36.8 Å². The van der Waals surface area contributed by atoms with Crippen molar-refractivity contribution in [1.29, 1.82) is 0 Å². The van der Waals surface area contributed by atoms with Gasteiger partial charge in [0.05, 0.1) is 17.6 Å². The molecule has 1 aromatic carbocycles.